The maximum Gasteiger partial charge on any atom is 0.240 e. The molecule has 0 saturated carbocycles. The molecule has 5 nitrogen and oxygen atoms in total. The minimum Gasteiger partial charge on any atom is -0.352 e. The molecule has 0 aliphatic heterocycles. The number of sulfonamides is 1. The third-order valence-electron chi connectivity index (χ3n) is 3.87. The maximum atomic E-state index is 13.5. The van der Waals surface area contributed by atoms with Crippen molar-refractivity contribution >= 4 is 15.9 Å². The lowest BCUT2D eigenvalue weighted by molar-refractivity contribution is -0.121. The predicted molar refractivity (Wildman–Crippen MR) is 94.0 cm³/mol. The van der Waals surface area contributed by atoms with E-state index in [9.17, 15) is 17.6 Å². The van der Waals surface area contributed by atoms with Crippen molar-refractivity contribution in [3.8, 4) is 0 Å². The summed E-state index contributed by atoms with van der Waals surface area (Å²) < 4.78 is 39.0. The molecule has 7 heteroatoms. The van der Waals surface area contributed by atoms with Crippen LogP contribution in [0, 0.1) is 12.7 Å². The molecule has 0 saturated heterocycles. The zero-order valence-corrected chi connectivity index (χ0v) is 15.0. The van der Waals surface area contributed by atoms with E-state index in [1.54, 1.807) is 31.2 Å². The predicted octanol–water partition coefficient (Wildman–Crippen LogP) is 2.29. The lowest BCUT2D eigenvalue weighted by Crippen LogP contribution is -2.23. The number of rotatable bonds is 7. The van der Waals surface area contributed by atoms with Gasteiger partial charge in [0.2, 0.25) is 15.9 Å². The third-order valence-corrected chi connectivity index (χ3v) is 5.30. The average molecular weight is 364 g/mol. The monoisotopic (exact) mass is 364 g/mol. The highest BCUT2D eigenvalue weighted by Gasteiger charge is 2.10. The number of hydrogen-bond acceptors (Lipinski definition) is 3. The fourth-order valence-electron chi connectivity index (χ4n) is 2.25. The highest BCUT2D eigenvalue weighted by Crippen LogP contribution is 2.12. The van der Waals surface area contributed by atoms with E-state index in [0.717, 1.165) is 5.56 Å². The molecule has 0 bridgehead atoms. The van der Waals surface area contributed by atoms with E-state index in [4.69, 9.17) is 0 Å². The number of amides is 1. The first-order valence-electron chi connectivity index (χ1n) is 7.86. The van der Waals surface area contributed by atoms with Crippen LogP contribution < -0.4 is 10.0 Å². The minimum absolute atomic E-state index is 0.145. The third kappa shape index (κ3) is 5.37. The van der Waals surface area contributed by atoms with Gasteiger partial charge in [-0.3, -0.25) is 4.79 Å². The van der Waals surface area contributed by atoms with Gasteiger partial charge in [0.1, 0.15) is 5.82 Å². The summed E-state index contributed by atoms with van der Waals surface area (Å²) in [5, 5.41) is 2.75. The molecule has 2 aromatic carbocycles. The molecule has 0 radical (unpaired) electrons. The van der Waals surface area contributed by atoms with Crippen molar-refractivity contribution < 1.29 is 17.6 Å². The molecule has 2 rings (SSSR count). The summed E-state index contributed by atoms with van der Waals surface area (Å²) in [6.45, 7) is 1.96. The molecule has 0 atom stereocenters. The Morgan fingerprint density at radius 2 is 1.72 bits per heavy atom. The molecule has 1 amide bonds. The van der Waals surface area contributed by atoms with Crippen LogP contribution >= 0.6 is 0 Å². The van der Waals surface area contributed by atoms with Gasteiger partial charge in [-0.1, -0.05) is 24.3 Å². The van der Waals surface area contributed by atoms with Gasteiger partial charge in [-0.15, -0.1) is 0 Å². The van der Waals surface area contributed by atoms with Crippen LogP contribution in [0.25, 0.3) is 0 Å². The molecule has 0 aromatic heterocycles. The Bertz CT molecular complexity index is 849. The maximum absolute atomic E-state index is 13.5. The Hall–Kier alpha value is -2.25. The van der Waals surface area contributed by atoms with E-state index >= 15 is 0 Å². The van der Waals surface area contributed by atoms with Crippen molar-refractivity contribution in [2.45, 2.75) is 31.2 Å². The first kappa shape index (κ1) is 19.1. The van der Waals surface area contributed by atoms with Crippen molar-refractivity contribution in [3.63, 3.8) is 0 Å². The summed E-state index contributed by atoms with van der Waals surface area (Å²) in [5.41, 5.74) is 2.14. The summed E-state index contributed by atoms with van der Waals surface area (Å²) in [6, 6.07) is 11.3. The van der Waals surface area contributed by atoms with Gasteiger partial charge in [0, 0.05) is 13.0 Å². The van der Waals surface area contributed by atoms with Gasteiger partial charge >= 0.3 is 0 Å². The highest BCUT2D eigenvalue weighted by atomic mass is 32.2. The number of halogens is 1. The smallest absolute Gasteiger partial charge is 0.240 e. The topological polar surface area (TPSA) is 75.3 Å². The van der Waals surface area contributed by atoms with Gasteiger partial charge in [0.15, 0.2) is 0 Å². The average Bonchev–Trinajstić information content (AvgIpc) is 2.61. The Morgan fingerprint density at radius 1 is 1.08 bits per heavy atom. The van der Waals surface area contributed by atoms with Gasteiger partial charge < -0.3 is 5.32 Å². The first-order valence-corrected chi connectivity index (χ1v) is 9.34. The second-order valence-corrected chi connectivity index (χ2v) is 7.60. The van der Waals surface area contributed by atoms with E-state index in [-0.39, 0.29) is 29.6 Å². The quantitative estimate of drug-likeness (QED) is 0.792. The lowest BCUT2D eigenvalue weighted by Gasteiger charge is -2.07. The van der Waals surface area contributed by atoms with Gasteiger partial charge in [-0.05, 0) is 55.3 Å². The fourth-order valence-corrected chi connectivity index (χ4v) is 2.98. The summed E-state index contributed by atoms with van der Waals surface area (Å²) in [5.74, 6) is -0.434. The SMILES string of the molecule is CNS(=O)(=O)c1ccc(CCC(=O)NCc2ccc(C)c(F)c2)cc1. The molecule has 0 spiro atoms. The Labute approximate surface area is 147 Å². The van der Waals surface area contributed by atoms with Crippen LogP contribution in [0.2, 0.25) is 0 Å². The van der Waals surface area contributed by atoms with Crippen molar-refractivity contribution in [1.82, 2.24) is 10.0 Å². The van der Waals surface area contributed by atoms with Crippen molar-refractivity contribution in [1.29, 1.82) is 0 Å². The van der Waals surface area contributed by atoms with E-state index in [2.05, 4.69) is 10.0 Å². The van der Waals surface area contributed by atoms with Gasteiger partial charge in [-0.2, -0.15) is 0 Å². The molecule has 0 unspecified atom stereocenters. The highest BCUT2D eigenvalue weighted by molar-refractivity contribution is 7.89. The molecule has 0 fully saturated rings. The normalized spacial score (nSPS) is 11.3. The summed E-state index contributed by atoms with van der Waals surface area (Å²) >= 11 is 0. The second-order valence-electron chi connectivity index (χ2n) is 5.71. The van der Waals surface area contributed by atoms with Crippen LogP contribution in [0.15, 0.2) is 47.4 Å². The standard InChI is InChI=1S/C18H21FN2O3S/c1-13-3-4-15(11-17(13)19)12-21-18(22)10-7-14-5-8-16(9-6-14)25(23,24)20-2/h3-6,8-9,11,20H,7,10,12H2,1-2H3,(H,21,22). The van der Waals surface area contributed by atoms with Crippen molar-refractivity contribution in [2.75, 3.05) is 7.05 Å². The number of aryl methyl sites for hydroxylation is 2. The summed E-state index contributed by atoms with van der Waals surface area (Å²) in [6.07, 6.45) is 0.764. The van der Waals surface area contributed by atoms with E-state index < -0.39 is 10.0 Å². The van der Waals surface area contributed by atoms with Crippen LogP contribution in [0.3, 0.4) is 0 Å². The van der Waals surface area contributed by atoms with E-state index in [1.165, 1.54) is 25.2 Å². The van der Waals surface area contributed by atoms with Crippen molar-refractivity contribution in [3.05, 3.63) is 65.0 Å². The lowest BCUT2D eigenvalue weighted by atomic mass is 10.1. The molecule has 25 heavy (non-hydrogen) atoms. The molecular weight excluding hydrogens is 343 g/mol. The van der Waals surface area contributed by atoms with Crippen LogP contribution in [0.4, 0.5) is 4.39 Å². The van der Waals surface area contributed by atoms with Gasteiger partial charge in [-0.25, -0.2) is 17.5 Å². The van der Waals surface area contributed by atoms with Gasteiger partial charge in [0.25, 0.3) is 0 Å². The van der Waals surface area contributed by atoms with Crippen LogP contribution in [-0.2, 0) is 27.8 Å². The molecule has 0 aliphatic rings. The fraction of sp³-hybridized carbons (Fsp3) is 0.278. The molecule has 134 valence electrons. The Morgan fingerprint density at radius 3 is 2.32 bits per heavy atom. The van der Waals surface area contributed by atoms with Crippen LogP contribution in [0.5, 0.6) is 0 Å². The Balaban J connectivity index is 1.84. The van der Waals surface area contributed by atoms with Crippen LogP contribution in [0.1, 0.15) is 23.1 Å². The number of carbonyl (C=O) groups excluding carboxylic acids is 1. The largest absolute Gasteiger partial charge is 0.352 e. The molecular formula is C18H21FN2O3S. The zero-order chi connectivity index (χ0) is 18.4. The number of nitrogens with one attached hydrogen (secondary N) is 2. The second kappa shape index (κ2) is 8.22. The van der Waals surface area contributed by atoms with Crippen molar-refractivity contribution in [2.24, 2.45) is 0 Å². The van der Waals surface area contributed by atoms with E-state index in [1.807, 2.05) is 0 Å². The number of hydrogen-bond donors (Lipinski definition) is 2. The molecule has 0 aliphatic carbocycles. The first-order chi connectivity index (χ1) is 11.8. The molecule has 2 N–H and O–H groups in total. The Kier molecular flexibility index (Phi) is 6.27. The summed E-state index contributed by atoms with van der Waals surface area (Å²) in [4.78, 5) is 12.1. The zero-order valence-electron chi connectivity index (χ0n) is 14.2. The van der Waals surface area contributed by atoms with Crippen LogP contribution in [-0.4, -0.2) is 21.4 Å². The minimum atomic E-state index is -3.45. The summed E-state index contributed by atoms with van der Waals surface area (Å²) in [7, 11) is -2.10. The number of benzene rings is 2. The van der Waals surface area contributed by atoms with E-state index in [0.29, 0.717) is 17.5 Å². The molecule has 2 aromatic rings. The number of carbonyl (C=O) groups is 1. The van der Waals surface area contributed by atoms with Gasteiger partial charge in [0.05, 0.1) is 4.90 Å². The molecule has 0 heterocycles.